The highest BCUT2D eigenvalue weighted by atomic mass is 19.1. The molecule has 1 aromatic rings. The highest BCUT2D eigenvalue weighted by Crippen LogP contribution is 2.36. The van der Waals surface area contributed by atoms with Gasteiger partial charge in [0.1, 0.15) is 11.4 Å². The van der Waals surface area contributed by atoms with Crippen LogP contribution in [0.4, 0.5) is 14.9 Å². The van der Waals surface area contributed by atoms with Crippen molar-refractivity contribution < 1.29 is 18.7 Å². The van der Waals surface area contributed by atoms with Crippen molar-refractivity contribution in [2.75, 3.05) is 12.4 Å². The van der Waals surface area contributed by atoms with Gasteiger partial charge in [0.15, 0.2) is 0 Å². The summed E-state index contributed by atoms with van der Waals surface area (Å²) in [6.45, 7) is 1.69. The van der Waals surface area contributed by atoms with Gasteiger partial charge in [-0.2, -0.15) is 0 Å². The van der Waals surface area contributed by atoms with Gasteiger partial charge in [0.25, 0.3) is 0 Å². The van der Waals surface area contributed by atoms with Crippen molar-refractivity contribution in [2.45, 2.75) is 25.3 Å². The molecule has 5 nitrogen and oxygen atoms in total. The Morgan fingerprint density at radius 1 is 1.37 bits per heavy atom. The van der Waals surface area contributed by atoms with Crippen LogP contribution in [0.15, 0.2) is 18.2 Å². The molecule has 1 saturated carbocycles. The average Bonchev–Trinajstić information content (AvgIpc) is 3.12. The third kappa shape index (κ3) is 2.83. The first kappa shape index (κ1) is 13.3. The smallest absolute Gasteiger partial charge is 0.331 e. The molecule has 0 aliphatic heterocycles. The zero-order chi connectivity index (χ0) is 14.0. The lowest BCUT2D eigenvalue weighted by Crippen LogP contribution is -2.45. The number of esters is 1. The Morgan fingerprint density at radius 2 is 2.05 bits per heavy atom. The van der Waals surface area contributed by atoms with Crippen molar-refractivity contribution in [2.24, 2.45) is 0 Å². The summed E-state index contributed by atoms with van der Waals surface area (Å²) in [5.74, 6) is -0.810. The summed E-state index contributed by atoms with van der Waals surface area (Å²) >= 11 is 0. The predicted molar refractivity (Wildman–Crippen MR) is 67.3 cm³/mol. The maximum atomic E-state index is 12.9. The minimum absolute atomic E-state index is 0.364. The molecule has 2 amide bonds. The SMILES string of the molecule is COC(=O)C1(NC(=O)Nc2ccc(F)cc2C)CC1. The number of carbonyl (C=O) groups is 2. The van der Waals surface area contributed by atoms with E-state index in [-0.39, 0.29) is 5.82 Å². The van der Waals surface area contributed by atoms with Gasteiger partial charge >= 0.3 is 12.0 Å². The van der Waals surface area contributed by atoms with E-state index in [1.807, 2.05) is 0 Å². The van der Waals surface area contributed by atoms with Gasteiger partial charge in [-0.05, 0) is 43.5 Å². The number of rotatable bonds is 3. The fraction of sp³-hybridized carbons (Fsp3) is 0.385. The summed E-state index contributed by atoms with van der Waals surface area (Å²) in [4.78, 5) is 23.3. The molecule has 1 aromatic carbocycles. The van der Waals surface area contributed by atoms with Gasteiger partial charge in [0.05, 0.1) is 7.11 Å². The molecule has 0 unspecified atom stereocenters. The third-order valence-electron chi connectivity index (χ3n) is 3.12. The number of urea groups is 1. The molecule has 102 valence electrons. The number of hydrogen-bond donors (Lipinski definition) is 2. The summed E-state index contributed by atoms with van der Waals surface area (Å²) in [7, 11) is 1.28. The Labute approximate surface area is 110 Å². The number of methoxy groups -OCH3 is 1. The molecule has 1 aliphatic rings. The summed E-state index contributed by atoms with van der Waals surface area (Å²) in [6.07, 6.45) is 1.13. The molecule has 0 spiro atoms. The second-order valence-electron chi connectivity index (χ2n) is 4.61. The Hall–Kier alpha value is -2.11. The maximum Gasteiger partial charge on any atom is 0.331 e. The third-order valence-corrected chi connectivity index (χ3v) is 3.12. The number of hydrogen-bond acceptors (Lipinski definition) is 3. The molecular formula is C13H15FN2O3. The summed E-state index contributed by atoms with van der Waals surface area (Å²) in [5.41, 5.74) is 0.213. The number of aryl methyl sites for hydroxylation is 1. The molecule has 6 heteroatoms. The van der Waals surface area contributed by atoms with E-state index in [1.165, 1.54) is 25.3 Å². The van der Waals surface area contributed by atoms with Crippen molar-refractivity contribution in [1.82, 2.24) is 5.32 Å². The number of anilines is 1. The van der Waals surface area contributed by atoms with E-state index in [9.17, 15) is 14.0 Å². The van der Waals surface area contributed by atoms with E-state index in [4.69, 9.17) is 0 Å². The summed E-state index contributed by atoms with van der Waals surface area (Å²) in [5, 5.41) is 5.18. The van der Waals surface area contributed by atoms with Gasteiger partial charge in [-0.1, -0.05) is 0 Å². The van der Waals surface area contributed by atoms with Crippen LogP contribution >= 0.6 is 0 Å². The van der Waals surface area contributed by atoms with E-state index in [0.29, 0.717) is 24.1 Å². The summed E-state index contributed by atoms with van der Waals surface area (Å²) in [6, 6.07) is 3.55. The molecule has 19 heavy (non-hydrogen) atoms. The molecule has 0 atom stereocenters. The largest absolute Gasteiger partial charge is 0.467 e. The number of nitrogens with one attached hydrogen (secondary N) is 2. The van der Waals surface area contributed by atoms with E-state index in [2.05, 4.69) is 15.4 Å². The van der Waals surface area contributed by atoms with Crippen molar-refractivity contribution in [3.05, 3.63) is 29.6 Å². The fourth-order valence-electron chi connectivity index (χ4n) is 1.84. The number of ether oxygens (including phenoxy) is 1. The highest BCUT2D eigenvalue weighted by molar-refractivity contribution is 5.96. The molecule has 2 N–H and O–H groups in total. The second kappa shape index (κ2) is 4.87. The lowest BCUT2D eigenvalue weighted by molar-refractivity contribution is -0.144. The molecule has 0 bridgehead atoms. The van der Waals surface area contributed by atoms with E-state index in [0.717, 1.165) is 0 Å². The van der Waals surface area contributed by atoms with Crippen molar-refractivity contribution in [3.8, 4) is 0 Å². The Morgan fingerprint density at radius 3 is 2.58 bits per heavy atom. The quantitative estimate of drug-likeness (QED) is 0.822. The zero-order valence-electron chi connectivity index (χ0n) is 10.7. The lowest BCUT2D eigenvalue weighted by Gasteiger charge is -2.16. The fourth-order valence-corrected chi connectivity index (χ4v) is 1.84. The van der Waals surface area contributed by atoms with Crippen LogP contribution in [0, 0.1) is 12.7 Å². The van der Waals surface area contributed by atoms with Crippen molar-refractivity contribution in [3.63, 3.8) is 0 Å². The maximum absolute atomic E-state index is 12.9. The highest BCUT2D eigenvalue weighted by Gasteiger charge is 2.52. The van der Waals surface area contributed by atoms with Crippen LogP contribution in [-0.2, 0) is 9.53 Å². The van der Waals surface area contributed by atoms with Gasteiger partial charge < -0.3 is 15.4 Å². The van der Waals surface area contributed by atoms with Crippen LogP contribution in [0.1, 0.15) is 18.4 Å². The van der Waals surface area contributed by atoms with Crippen molar-refractivity contribution >= 4 is 17.7 Å². The first-order chi connectivity index (χ1) is 8.97. The number of benzene rings is 1. The normalized spacial score (nSPS) is 15.5. The number of halogens is 1. The molecular weight excluding hydrogens is 251 g/mol. The predicted octanol–water partition coefficient (Wildman–Crippen LogP) is 1.96. The van der Waals surface area contributed by atoms with Crippen LogP contribution in [0.5, 0.6) is 0 Å². The Bertz CT molecular complexity index is 527. The molecule has 0 aromatic heterocycles. The molecule has 1 aliphatic carbocycles. The Balaban J connectivity index is 2.00. The number of carbonyl (C=O) groups excluding carboxylic acids is 2. The molecule has 1 fully saturated rings. The minimum Gasteiger partial charge on any atom is -0.467 e. The van der Waals surface area contributed by atoms with Gasteiger partial charge in [-0.3, -0.25) is 0 Å². The molecule has 2 rings (SSSR count). The molecule has 0 radical (unpaired) electrons. The van der Waals surface area contributed by atoms with Crippen LogP contribution in [0.25, 0.3) is 0 Å². The standard InChI is InChI=1S/C13H15FN2O3/c1-8-7-9(14)3-4-10(8)15-12(18)16-13(5-6-13)11(17)19-2/h3-4,7H,5-6H2,1-2H3,(H2,15,16,18). The monoisotopic (exact) mass is 266 g/mol. The minimum atomic E-state index is -0.896. The Kier molecular flexibility index (Phi) is 3.42. The molecule has 0 saturated heterocycles. The average molecular weight is 266 g/mol. The first-order valence-electron chi connectivity index (χ1n) is 5.90. The second-order valence-corrected chi connectivity index (χ2v) is 4.61. The lowest BCUT2D eigenvalue weighted by atomic mass is 10.2. The first-order valence-corrected chi connectivity index (χ1v) is 5.90. The van der Waals surface area contributed by atoms with Crippen LogP contribution in [0.2, 0.25) is 0 Å². The van der Waals surface area contributed by atoms with E-state index < -0.39 is 17.5 Å². The van der Waals surface area contributed by atoms with Crippen LogP contribution in [0.3, 0.4) is 0 Å². The van der Waals surface area contributed by atoms with Crippen molar-refractivity contribution in [1.29, 1.82) is 0 Å². The van der Waals surface area contributed by atoms with Gasteiger partial charge in [0, 0.05) is 5.69 Å². The van der Waals surface area contributed by atoms with Gasteiger partial charge in [-0.15, -0.1) is 0 Å². The number of amides is 2. The summed E-state index contributed by atoms with van der Waals surface area (Å²) < 4.78 is 17.6. The topological polar surface area (TPSA) is 67.4 Å². The van der Waals surface area contributed by atoms with Gasteiger partial charge in [-0.25, -0.2) is 14.0 Å². The van der Waals surface area contributed by atoms with E-state index >= 15 is 0 Å². The van der Waals surface area contributed by atoms with Crippen LogP contribution < -0.4 is 10.6 Å². The van der Waals surface area contributed by atoms with Crippen LogP contribution in [-0.4, -0.2) is 24.6 Å². The molecule has 0 heterocycles. The van der Waals surface area contributed by atoms with Gasteiger partial charge in [0.2, 0.25) is 0 Å². The van der Waals surface area contributed by atoms with E-state index in [1.54, 1.807) is 6.92 Å². The zero-order valence-corrected chi connectivity index (χ0v) is 10.7.